The zero-order valence-corrected chi connectivity index (χ0v) is 18.0. The van der Waals surface area contributed by atoms with Crippen LogP contribution in [0.1, 0.15) is 19.8 Å². The van der Waals surface area contributed by atoms with E-state index in [2.05, 4.69) is 17.2 Å². The van der Waals surface area contributed by atoms with Gasteiger partial charge in [-0.25, -0.2) is 4.28 Å². The number of amides is 2. The van der Waals surface area contributed by atoms with E-state index in [1.165, 1.54) is 6.07 Å². The van der Waals surface area contributed by atoms with Crippen LogP contribution in [0.2, 0.25) is 10.0 Å². The Morgan fingerprint density at radius 1 is 1.39 bits per heavy atom. The molecule has 0 spiro atoms. The molecule has 1 aliphatic rings. The largest absolute Gasteiger partial charge is 0.484 e. The summed E-state index contributed by atoms with van der Waals surface area (Å²) in [7, 11) is 1.84. The van der Waals surface area contributed by atoms with Gasteiger partial charge in [0.25, 0.3) is 5.91 Å². The van der Waals surface area contributed by atoms with E-state index in [1.807, 2.05) is 14.0 Å². The molecular weight excluding hydrogens is 425 g/mol. The highest BCUT2D eigenvalue weighted by Crippen LogP contribution is 2.27. The fourth-order valence-electron chi connectivity index (χ4n) is 2.30. The van der Waals surface area contributed by atoms with Gasteiger partial charge in [-0.3, -0.25) is 9.59 Å². The molecule has 28 heavy (non-hydrogen) atoms. The molecule has 1 fully saturated rings. The second kappa shape index (κ2) is 10.9. The van der Waals surface area contributed by atoms with Crippen LogP contribution in [0.25, 0.3) is 0 Å². The normalized spacial score (nSPS) is 19.7. The fraction of sp³-hybridized carbons (Fsp3) is 0.444. The van der Waals surface area contributed by atoms with Gasteiger partial charge in [0.1, 0.15) is 11.0 Å². The number of benzene rings is 1. The molecule has 2 atom stereocenters. The molecule has 2 N–H and O–H groups in total. The summed E-state index contributed by atoms with van der Waals surface area (Å²) in [6.45, 7) is 5.97. The third-order valence-corrected chi connectivity index (χ3v) is 5.75. The van der Waals surface area contributed by atoms with Crippen LogP contribution in [0.3, 0.4) is 0 Å². The lowest BCUT2D eigenvalue weighted by molar-refractivity contribution is -0.123. The van der Waals surface area contributed by atoms with E-state index in [4.69, 9.17) is 32.2 Å². The molecule has 1 heterocycles. The standard InChI is InChI=1S/C18H23Cl2N3O4S/c1-11(6-7-21-18(25)16-8-12(2)23(3)27-28-16)22-17(24)10-26-13-4-5-14(19)15(20)9-13/h4-5,9,12,16H,1,6-8,10H2,2-3H3,(H,21,25)(H,22,24). The molecule has 1 saturated heterocycles. The molecule has 154 valence electrons. The van der Waals surface area contributed by atoms with Gasteiger partial charge in [0.2, 0.25) is 5.91 Å². The Bertz CT molecular complexity index is 735. The molecular formula is C18H23Cl2N3O4S. The first-order chi connectivity index (χ1) is 13.3. The lowest BCUT2D eigenvalue weighted by Gasteiger charge is -2.32. The van der Waals surface area contributed by atoms with Crippen molar-refractivity contribution in [2.45, 2.75) is 31.1 Å². The van der Waals surface area contributed by atoms with E-state index < -0.39 is 0 Å². The van der Waals surface area contributed by atoms with Crippen molar-refractivity contribution in [1.82, 2.24) is 15.7 Å². The summed E-state index contributed by atoms with van der Waals surface area (Å²) < 4.78 is 10.7. The first-order valence-electron chi connectivity index (χ1n) is 8.65. The average Bonchev–Trinajstić information content (AvgIpc) is 2.64. The van der Waals surface area contributed by atoms with Crippen molar-refractivity contribution in [3.05, 3.63) is 40.5 Å². The molecule has 0 radical (unpaired) electrons. The van der Waals surface area contributed by atoms with Gasteiger partial charge in [0, 0.05) is 49.9 Å². The van der Waals surface area contributed by atoms with E-state index in [9.17, 15) is 9.59 Å². The van der Waals surface area contributed by atoms with Crippen molar-refractivity contribution >= 4 is 47.1 Å². The average molecular weight is 448 g/mol. The summed E-state index contributed by atoms with van der Waals surface area (Å²) >= 11 is 12.9. The predicted octanol–water partition coefficient (Wildman–Crippen LogP) is 3.18. The van der Waals surface area contributed by atoms with E-state index in [0.717, 1.165) is 12.0 Å². The molecule has 2 amide bonds. The van der Waals surface area contributed by atoms with Crippen LogP contribution in [0.4, 0.5) is 0 Å². The topological polar surface area (TPSA) is 79.9 Å². The van der Waals surface area contributed by atoms with Gasteiger partial charge < -0.3 is 15.4 Å². The van der Waals surface area contributed by atoms with Crippen molar-refractivity contribution in [2.24, 2.45) is 0 Å². The molecule has 2 unspecified atom stereocenters. The molecule has 1 aromatic rings. The molecule has 2 rings (SSSR count). The third kappa shape index (κ3) is 7.18. The summed E-state index contributed by atoms with van der Waals surface area (Å²) in [5.41, 5.74) is 0.490. The van der Waals surface area contributed by atoms with Gasteiger partial charge in [-0.05, 0) is 25.5 Å². The van der Waals surface area contributed by atoms with E-state index in [-0.39, 0.29) is 29.7 Å². The molecule has 7 nitrogen and oxygen atoms in total. The number of carbonyl (C=O) groups is 2. The summed E-state index contributed by atoms with van der Waals surface area (Å²) in [5.74, 6) is -0.00276. The van der Waals surface area contributed by atoms with Gasteiger partial charge >= 0.3 is 0 Å². The van der Waals surface area contributed by atoms with E-state index >= 15 is 0 Å². The SMILES string of the molecule is C=C(CCNC(=O)C1CC(C)N(C)OS1)NC(=O)COc1ccc(Cl)c(Cl)c1. The number of halogens is 2. The Morgan fingerprint density at radius 3 is 2.82 bits per heavy atom. The number of ether oxygens (including phenoxy) is 1. The van der Waals surface area contributed by atoms with Crippen LogP contribution in [-0.4, -0.2) is 48.4 Å². The minimum absolute atomic E-state index is 0.0907. The maximum absolute atomic E-state index is 12.2. The molecule has 0 aromatic heterocycles. The highest BCUT2D eigenvalue weighted by molar-refractivity contribution is 7.96. The van der Waals surface area contributed by atoms with Crippen molar-refractivity contribution in [2.75, 3.05) is 20.2 Å². The molecule has 0 aliphatic carbocycles. The van der Waals surface area contributed by atoms with Crippen molar-refractivity contribution in [1.29, 1.82) is 0 Å². The van der Waals surface area contributed by atoms with Crippen LogP contribution < -0.4 is 15.4 Å². The minimum atomic E-state index is -0.351. The maximum Gasteiger partial charge on any atom is 0.262 e. The summed E-state index contributed by atoms with van der Waals surface area (Å²) in [4.78, 5) is 24.1. The minimum Gasteiger partial charge on any atom is -0.484 e. The highest BCUT2D eigenvalue weighted by atomic mass is 35.5. The van der Waals surface area contributed by atoms with Gasteiger partial charge in [-0.2, -0.15) is 5.06 Å². The van der Waals surface area contributed by atoms with Crippen molar-refractivity contribution < 1.29 is 18.6 Å². The quantitative estimate of drug-likeness (QED) is 0.595. The van der Waals surface area contributed by atoms with Crippen molar-refractivity contribution in [3.8, 4) is 5.75 Å². The number of hydrogen-bond acceptors (Lipinski definition) is 6. The Hall–Kier alpha value is -1.45. The maximum atomic E-state index is 12.2. The lowest BCUT2D eigenvalue weighted by Crippen LogP contribution is -2.43. The Balaban J connectivity index is 1.64. The smallest absolute Gasteiger partial charge is 0.262 e. The zero-order valence-electron chi connectivity index (χ0n) is 15.7. The summed E-state index contributed by atoms with van der Waals surface area (Å²) in [6.07, 6.45) is 1.12. The van der Waals surface area contributed by atoms with Crippen LogP contribution in [-0.2, 0) is 13.9 Å². The Morgan fingerprint density at radius 2 is 2.14 bits per heavy atom. The zero-order chi connectivity index (χ0) is 20.7. The first-order valence-corrected chi connectivity index (χ1v) is 10.2. The van der Waals surface area contributed by atoms with Crippen LogP contribution in [0.15, 0.2) is 30.5 Å². The van der Waals surface area contributed by atoms with Crippen molar-refractivity contribution in [3.63, 3.8) is 0 Å². The van der Waals surface area contributed by atoms with E-state index in [0.29, 0.717) is 40.9 Å². The number of nitrogens with zero attached hydrogens (tertiary/aromatic N) is 1. The first kappa shape index (κ1) is 22.8. The molecule has 1 aromatic carbocycles. The summed E-state index contributed by atoms with van der Waals surface area (Å²) in [5, 5.41) is 7.70. The van der Waals surface area contributed by atoms with E-state index in [1.54, 1.807) is 17.2 Å². The van der Waals surface area contributed by atoms with Gasteiger partial charge in [-0.15, -0.1) is 0 Å². The fourth-order valence-corrected chi connectivity index (χ4v) is 3.51. The molecule has 0 saturated carbocycles. The number of rotatable bonds is 8. The lowest BCUT2D eigenvalue weighted by atomic mass is 10.1. The van der Waals surface area contributed by atoms with Gasteiger partial charge in [-0.1, -0.05) is 29.8 Å². The molecule has 0 bridgehead atoms. The van der Waals surface area contributed by atoms with Crippen LogP contribution >= 0.6 is 35.2 Å². The highest BCUT2D eigenvalue weighted by Gasteiger charge is 2.30. The molecule has 1 aliphatic heterocycles. The van der Waals surface area contributed by atoms with Gasteiger partial charge in [0.05, 0.1) is 10.0 Å². The third-order valence-electron chi connectivity index (χ3n) is 4.05. The monoisotopic (exact) mass is 447 g/mol. The van der Waals surface area contributed by atoms with Crippen LogP contribution in [0, 0.1) is 0 Å². The number of hydroxylamine groups is 2. The number of carbonyl (C=O) groups excluding carboxylic acids is 2. The van der Waals surface area contributed by atoms with Gasteiger partial charge in [0.15, 0.2) is 6.61 Å². The Kier molecular flexibility index (Phi) is 8.91. The second-order valence-electron chi connectivity index (χ2n) is 6.35. The summed E-state index contributed by atoms with van der Waals surface area (Å²) in [6, 6.07) is 4.92. The van der Waals surface area contributed by atoms with Crippen LogP contribution in [0.5, 0.6) is 5.75 Å². The Labute approximate surface area is 178 Å². The predicted molar refractivity (Wildman–Crippen MR) is 111 cm³/mol. The number of hydrogen-bond donors (Lipinski definition) is 2. The number of nitrogens with one attached hydrogen (secondary N) is 2. The second-order valence-corrected chi connectivity index (χ2v) is 8.07. The molecule has 10 heteroatoms.